The number of benzene rings is 2. The van der Waals surface area contributed by atoms with Crippen molar-refractivity contribution in [2.24, 2.45) is 4.99 Å². The van der Waals surface area contributed by atoms with Crippen LogP contribution in [0.2, 0.25) is 5.02 Å². The lowest BCUT2D eigenvalue weighted by Crippen LogP contribution is -2.53. The van der Waals surface area contributed by atoms with Crippen LogP contribution in [-0.2, 0) is 17.8 Å². The fourth-order valence-corrected chi connectivity index (χ4v) is 3.67. The monoisotopic (exact) mass is 542 g/mol. The summed E-state index contributed by atoms with van der Waals surface area (Å²) in [6, 6.07) is 15.4. The van der Waals surface area contributed by atoms with Gasteiger partial charge in [-0.05, 0) is 23.8 Å². The van der Waals surface area contributed by atoms with E-state index in [1.165, 1.54) is 0 Å². The van der Waals surface area contributed by atoms with E-state index in [4.69, 9.17) is 16.3 Å². The summed E-state index contributed by atoms with van der Waals surface area (Å²) >= 11 is 6.02. The highest BCUT2D eigenvalue weighted by Gasteiger charge is 2.23. The molecule has 8 heteroatoms. The van der Waals surface area contributed by atoms with Crippen LogP contribution in [0.15, 0.2) is 53.5 Å². The van der Waals surface area contributed by atoms with Gasteiger partial charge in [0.25, 0.3) is 0 Å². The summed E-state index contributed by atoms with van der Waals surface area (Å²) in [6.45, 7) is 3.47. The van der Waals surface area contributed by atoms with Crippen LogP contribution in [0.3, 0.4) is 0 Å². The molecule has 0 radical (unpaired) electrons. The number of halogens is 2. The fraction of sp³-hybridized carbons (Fsp3) is 0.364. The van der Waals surface area contributed by atoms with Crippen molar-refractivity contribution in [2.45, 2.75) is 13.0 Å². The van der Waals surface area contributed by atoms with Crippen LogP contribution in [0.5, 0.6) is 5.75 Å². The Labute approximate surface area is 200 Å². The number of hydrogen-bond acceptors (Lipinski definition) is 3. The zero-order valence-corrected chi connectivity index (χ0v) is 20.4. The maximum absolute atomic E-state index is 12.6. The average molecular weight is 543 g/mol. The Morgan fingerprint density at radius 1 is 1.10 bits per heavy atom. The zero-order chi connectivity index (χ0) is 20.6. The smallest absolute Gasteiger partial charge is 0.227 e. The number of aliphatic imine (C=N–C) groups is 1. The summed E-state index contributed by atoms with van der Waals surface area (Å²) < 4.78 is 5.41. The number of amides is 1. The second kappa shape index (κ2) is 12.0. The van der Waals surface area contributed by atoms with E-state index in [-0.39, 0.29) is 29.9 Å². The summed E-state index contributed by atoms with van der Waals surface area (Å²) in [5, 5.41) is 4.06. The highest BCUT2D eigenvalue weighted by molar-refractivity contribution is 14.0. The zero-order valence-electron chi connectivity index (χ0n) is 17.3. The molecule has 1 fully saturated rings. The molecule has 3 rings (SSSR count). The molecule has 1 heterocycles. The standard InChI is InChI=1S/C22H27ClN4O2.HI/c1-24-22(25-16-18-7-3-4-9-20(18)29-2)27-12-10-26(11-13-27)21(28)15-17-6-5-8-19(23)14-17;/h3-9,14H,10-13,15-16H2,1-2H3,(H,24,25);1H. The Hall–Kier alpha value is -2.00. The normalized spacial score (nSPS) is 14.2. The third-order valence-corrected chi connectivity index (χ3v) is 5.25. The van der Waals surface area contributed by atoms with E-state index in [1.54, 1.807) is 14.2 Å². The van der Waals surface area contributed by atoms with E-state index in [9.17, 15) is 4.79 Å². The SMILES string of the molecule is CN=C(NCc1ccccc1OC)N1CCN(C(=O)Cc2cccc(Cl)c2)CC1.I. The van der Waals surface area contributed by atoms with Crippen molar-refractivity contribution < 1.29 is 9.53 Å². The summed E-state index contributed by atoms with van der Waals surface area (Å²) in [5.74, 6) is 1.81. The van der Waals surface area contributed by atoms with E-state index in [1.807, 2.05) is 53.4 Å². The van der Waals surface area contributed by atoms with Crippen LogP contribution in [0, 0.1) is 0 Å². The van der Waals surface area contributed by atoms with Gasteiger partial charge in [-0.2, -0.15) is 0 Å². The molecular weight excluding hydrogens is 515 g/mol. The van der Waals surface area contributed by atoms with E-state index in [2.05, 4.69) is 15.2 Å². The van der Waals surface area contributed by atoms with E-state index in [0.29, 0.717) is 31.1 Å². The lowest BCUT2D eigenvalue weighted by molar-refractivity contribution is -0.131. The third-order valence-electron chi connectivity index (χ3n) is 5.02. The molecule has 162 valence electrons. The van der Waals surface area contributed by atoms with Crippen molar-refractivity contribution in [1.82, 2.24) is 15.1 Å². The lowest BCUT2D eigenvalue weighted by Gasteiger charge is -2.36. The number of carbonyl (C=O) groups is 1. The first kappa shape index (κ1) is 24.3. The largest absolute Gasteiger partial charge is 0.496 e. The Balaban J connectivity index is 0.00000320. The predicted octanol–water partition coefficient (Wildman–Crippen LogP) is 3.43. The van der Waals surface area contributed by atoms with Crippen molar-refractivity contribution in [3.05, 3.63) is 64.7 Å². The molecule has 6 nitrogen and oxygen atoms in total. The fourth-order valence-electron chi connectivity index (χ4n) is 3.46. The molecule has 30 heavy (non-hydrogen) atoms. The van der Waals surface area contributed by atoms with Gasteiger partial charge in [0, 0.05) is 50.4 Å². The molecule has 0 aromatic heterocycles. The topological polar surface area (TPSA) is 57.2 Å². The maximum atomic E-state index is 12.6. The number of rotatable bonds is 5. The molecular formula is C22H28ClIN4O2. The molecule has 1 N–H and O–H groups in total. The van der Waals surface area contributed by atoms with Gasteiger partial charge in [0.1, 0.15) is 5.75 Å². The number of hydrogen-bond donors (Lipinski definition) is 1. The average Bonchev–Trinajstić information content (AvgIpc) is 2.75. The van der Waals surface area contributed by atoms with Gasteiger partial charge in [0.15, 0.2) is 5.96 Å². The molecule has 0 spiro atoms. The summed E-state index contributed by atoms with van der Waals surface area (Å²) in [4.78, 5) is 21.1. The minimum absolute atomic E-state index is 0. The van der Waals surface area contributed by atoms with Crippen molar-refractivity contribution in [3.63, 3.8) is 0 Å². The molecule has 0 unspecified atom stereocenters. The van der Waals surface area contributed by atoms with Crippen molar-refractivity contribution >= 4 is 47.4 Å². The summed E-state index contributed by atoms with van der Waals surface area (Å²) in [6.07, 6.45) is 0.376. The first-order valence-corrected chi connectivity index (χ1v) is 10.1. The number of carbonyl (C=O) groups excluding carboxylic acids is 1. The number of piperazine rings is 1. The van der Waals surface area contributed by atoms with E-state index < -0.39 is 0 Å². The molecule has 0 atom stereocenters. The number of guanidine groups is 1. The third kappa shape index (κ3) is 6.50. The Morgan fingerprint density at radius 2 is 1.80 bits per heavy atom. The van der Waals surface area contributed by atoms with Gasteiger partial charge in [-0.3, -0.25) is 9.79 Å². The molecule has 2 aromatic rings. The molecule has 1 aliphatic heterocycles. The first-order valence-electron chi connectivity index (χ1n) is 9.70. The van der Waals surface area contributed by atoms with Gasteiger partial charge in [0.05, 0.1) is 13.5 Å². The van der Waals surface area contributed by atoms with Gasteiger partial charge >= 0.3 is 0 Å². The van der Waals surface area contributed by atoms with Gasteiger partial charge in [0.2, 0.25) is 5.91 Å². The van der Waals surface area contributed by atoms with Crippen LogP contribution in [0.1, 0.15) is 11.1 Å². The molecule has 2 aromatic carbocycles. The minimum atomic E-state index is 0. The van der Waals surface area contributed by atoms with Crippen molar-refractivity contribution in [1.29, 1.82) is 0 Å². The number of nitrogens with zero attached hydrogens (tertiary/aromatic N) is 3. The number of nitrogens with one attached hydrogen (secondary N) is 1. The lowest BCUT2D eigenvalue weighted by atomic mass is 10.1. The van der Waals surface area contributed by atoms with Crippen LogP contribution in [0.25, 0.3) is 0 Å². The molecule has 1 saturated heterocycles. The Kier molecular flexibility index (Phi) is 9.71. The summed E-state index contributed by atoms with van der Waals surface area (Å²) in [7, 11) is 3.45. The quantitative estimate of drug-likeness (QED) is 0.357. The van der Waals surface area contributed by atoms with Crippen LogP contribution >= 0.6 is 35.6 Å². The Bertz CT molecular complexity index is 870. The van der Waals surface area contributed by atoms with Gasteiger partial charge in [-0.15, -0.1) is 24.0 Å². The highest BCUT2D eigenvalue weighted by atomic mass is 127. The Morgan fingerprint density at radius 3 is 2.47 bits per heavy atom. The molecule has 0 saturated carbocycles. The second-order valence-corrected chi connectivity index (χ2v) is 7.32. The number of methoxy groups -OCH3 is 1. The molecule has 0 bridgehead atoms. The van der Waals surface area contributed by atoms with Crippen LogP contribution in [0.4, 0.5) is 0 Å². The number of para-hydroxylation sites is 1. The first-order chi connectivity index (χ1) is 14.1. The van der Waals surface area contributed by atoms with Crippen LogP contribution in [-0.4, -0.2) is 62.0 Å². The van der Waals surface area contributed by atoms with Crippen LogP contribution < -0.4 is 10.1 Å². The molecule has 1 aliphatic rings. The molecule has 0 aliphatic carbocycles. The molecule has 1 amide bonds. The van der Waals surface area contributed by atoms with Gasteiger partial charge < -0.3 is 19.9 Å². The van der Waals surface area contributed by atoms with Crippen molar-refractivity contribution in [3.8, 4) is 5.75 Å². The second-order valence-electron chi connectivity index (χ2n) is 6.89. The van der Waals surface area contributed by atoms with Gasteiger partial charge in [-0.1, -0.05) is 41.9 Å². The predicted molar refractivity (Wildman–Crippen MR) is 132 cm³/mol. The van der Waals surface area contributed by atoms with E-state index >= 15 is 0 Å². The number of ether oxygens (including phenoxy) is 1. The van der Waals surface area contributed by atoms with Crippen molar-refractivity contribution in [2.75, 3.05) is 40.3 Å². The highest BCUT2D eigenvalue weighted by Crippen LogP contribution is 2.17. The van der Waals surface area contributed by atoms with Gasteiger partial charge in [-0.25, -0.2) is 0 Å². The maximum Gasteiger partial charge on any atom is 0.227 e. The minimum Gasteiger partial charge on any atom is -0.496 e. The summed E-state index contributed by atoms with van der Waals surface area (Å²) in [5.41, 5.74) is 2.02. The van der Waals surface area contributed by atoms with E-state index in [0.717, 1.165) is 35.9 Å².